The molecule has 0 spiro atoms. The predicted molar refractivity (Wildman–Crippen MR) is 87.3 cm³/mol. The van der Waals surface area contributed by atoms with E-state index in [4.69, 9.17) is 4.74 Å². The third-order valence-electron chi connectivity index (χ3n) is 2.96. The van der Waals surface area contributed by atoms with E-state index >= 15 is 0 Å². The molecule has 2 rings (SSSR count). The van der Waals surface area contributed by atoms with Crippen LogP contribution in [0, 0.1) is 6.92 Å². The van der Waals surface area contributed by atoms with Gasteiger partial charge in [-0.2, -0.15) is 0 Å². The van der Waals surface area contributed by atoms with Crippen LogP contribution in [0.4, 0.5) is 0 Å². The molecule has 0 radical (unpaired) electrons. The Labute approximate surface area is 130 Å². The Morgan fingerprint density at radius 1 is 1.19 bits per heavy atom. The van der Waals surface area contributed by atoms with Gasteiger partial charge in [0.1, 0.15) is 5.75 Å². The number of thiophene rings is 1. The Balaban J connectivity index is 1.79. The summed E-state index contributed by atoms with van der Waals surface area (Å²) in [6, 6.07) is 11.9. The summed E-state index contributed by atoms with van der Waals surface area (Å²) in [7, 11) is 0. The molecule has 1 aromatic heterocycles. The van der Waals surface area contributed by atoms with Gasteiger partial charge >= 0.3 is 0 Å². The average Bonchev–Trinajstić information content (AvgIpc) is 2.87. The van der Waals surface area contributed by atoms with Gasteiger partial charge in [0.25, 0.3) is 5.91 Å². The molecule has 3 nitrogen and oxygen atoms in total. The van der Waals surface area contributed by atoms with Crippen LogP contribution in [0.15, 0.2) is 36.4 Å². The largest absolute Gasteiger partial charge is 0.491 e. The summed E-state index contributed by atoms with van der Waals surface area (Å²) < 4.78 is 5.60. The van der Waals surface area contributed by atoms with Crippen molar-refractivity contribution >= 4 is 17.2 Å². The Morgan fingerprint density at radius 3 is 2.48 bits per heavy atom. The van der Waals surface area contributed by atoms with Gasteiger partial charge in [-0.15, -0.1) is 11.3 Å². The number of carbonyl (C=O) groups excluding carboxylic acids is 1. The van der Waals surface area contributed by atoms with E-state index in [-0.39, 0.29) is 12.0 Å². The Hall–Kier alpha value is -1.81. The predicted octanol–water partition coefficient (Wildman–Crippen LogP) is 3.82. The van der Waals surface area contributed by atoms with Gasteiger partial charge in [-0.25, -0.2) is 0 Å². The number of nitrogens with one attached hydrogen (secondary N) is 1. The zero-order chi connectivity index (χ0) is 15.2. The highest BCUT2D eigenvalue weighted by molar-refractivity contribution is 7.13. The van der Waals surface area contributed by atoms with Crippen molar-refractivity contribution in [1.82, 2.24) is 5.32 Å². The molecule has 1 amide bonds. The van der Waals surface area contributed by atoms with Crippen LogP contribution in [-0.2, 0) is 6.42 Å². The van der Waals surface area contributed by atoms with Crippen molar-refractivity contribution in [3.05, 3.63) is 51.7 Å². The lowest BCUT2D eigenvalue weighted by Gasteiger charge is -2.10. The first kappa shape index (κ1) is 15.6. The standard InChI is InChI=1S/C17H21NO2S/c1-12(2)20-15-7-5-14(6-8-15)10-11-18-17(19)16-9-4-13(3)21-16/h4-9,12H,10-11H2,1-3H3,(H,18,19). The Kier molecular flexibility index (Phi) is 5.39. The van der Waals surface area contributed by atoms with Crippen LogP contribution >= 0.6 is 11.3 Å². The summed E-state index contributed by atoms with van der Waals surface area (Å²) in [5.41, 5.74) is 1.19. The van der Waals surface area contributed by atoms with E-state index in [9.17, 15) is 4.79 Å². The lowest BCUT2D eigenvalue weighted by molar-refractivity contribution is 0.0958. The zero-order valence-electron chi connectivity index (χ0n) is 12.7. The second kappa shape index (κ2) is 7.27. The molecule has 112 valence electrons. The van der Waals surface area contributed by atoms with E-state index in [0.29, 0.717) is 6.54 Å². The van der Waals surface area contributed by atoms with Gasteiger partial charge in [-0.3, -0.25) is 4.79 Å². The van der Waals surface area contributed by atoms with E-state index in [1.54, 1.807) is 0 Å². The van der Waals surface area contributed by atoms with Crippen LogP contribution < -0.4 is 10.1 Å². The first-order valence-corrected chi connectivity index (χ1v) is 7.96. The van der Waals surface area contributed by atoms with Crippen molar-refractivity contribution in [2.24, 2.45) is 0 Å². The number of aryl methyl sites for hydroxylation is 1. The van der Waals surface area contributed by atoms with Crippen molar-refractivity contribution in [2.45, 2.75) is 33.3 Å². The number of amides is 1. The number of benzene rings is 1. The van der Waals surface area contributed by atoms with Crippen LogP contribution in [0.25, 0.3) is 0 Å². The zero-order valence-corrected chi connectivity index (χ0v) is 13.5. The van der Waals surface area contributed by atoms with Crippen molar-refractivity contribution in [2.75, 3.05) is 6.54 Å². The molecule has 0 aliphatic heterocycles. The molecule has 21 heavy (non-hydrogen) atoms. The van der Waals surface area contributed by atoms with E-state index in [2.05, 4.69) is 5.32 Å². The lowest BCUT2D eigenvalue weighted by atomic mass is 10.1. The van der Waals surface area contributed by atoms with Gasteiger partial charge in [-0.05, 0) is 57.0 Å². The van der Waals surface area contributed by atoms with E-state index in [1.807, 2.05) is 57.2 Å². The first-order valence-electron chi connectivity index (χ1n) is 7.15. The molecule has 1 N–H and O–H groups in total. The van der Waals surface area contributed by atoms with Crippen LogP contribution in [-0.4, -0.2) is 18.6 Å². The summed E-state index contributed by atoms with van der Waals surface area (Å²) in [6.07, 6.45) is 1.00. The topological polar surface area (TPSA) is 38.3 Å². The van der Waals surface area contributed by atoms with E-state index in [0.717, 1.165) is 21.9 Å². The first-order chi connectivity index (χ1) is 10.0. The molecule has 0 aliphatic carbocycles. The van der Waals surface area contributed by atoms with Gasteiger partial charge in [0.2, 0.25) is 0 Å². The van der Waals surface area contributed by atoms with Gasteiger partial charge in [-0.1, -0.05) is 12.1 Å². The minimum atomic E-state index is 0.00728. The molecular formula is C17H21NO2S. The number of carbonyl (C=O) groups is 1. The summed E-state index contributed by atoms with van der Waals surface area (Å²) in [5, 5.41) is 2.95. The minimum Gasteiger partial charge on any atom is -0.491 e. The second-order valence-corrected chi connectivity index (χ2v) is 6.51. The highest BCUT2D eigenvalue weighted by atomic mass is 32.1. The van der Waals surface area contributed by atoms with Crippen molar-refractivity contribution in [3.8, 4) is 5.75 Å². The van der Waals surface area contributed by atoms with Gasteiger partial charge in [0, 0.05) is 11.4 Å². The summed E-state index contributed by atoms with van der Waals surface area (Å²) >= 11 is 1.52. The number of hydrogen-bond donors (Lipinski definition) is 1. The average molecular weight is 303 g/mol. The maximum absolute atomic E-state index is 11.9. The molecular weight excluding hydrogens is 282 g/mol. The molecule has 0 aliphatic rings. The van der Waals surface area contributed by atoms with E-state index in [1.165, 1.54) is 16.9 Å². The van der Waals surface area contributed by atoms with Crippen LogP contribution in [0.5, 0.6) is 5.75 Å². The molecule has 0 saturated carbocycles. The number of hydrogen-bond acceptors (Lipinski definition) is 3. The van der Waals surface area contributed by atoms with Gasteiger partial charge < -0.3 is 10.1 Å². The monoisotopic (exact) mass is 303 g/mol. The maximum Gasteiger partial charge on any atom is 0.261 e. The summed E-state index contributed by atoms with van der Waals surface area (Å²) in [6.45, 7) is 6.66. The SMILES string of the molecule is Cc1ccc(C(=O)NCCc2ccc(OC(C)C)cc2)s1. The van der Waals surface area contributed by atoms with Crippen molar-refractivity contribution in [1.29, 1.82) is 0 Å². The summed E-state index contributed by atoms with van der Waals surface area (Å²) in [4.78, 5) is 13.8. The van der Waals surface area contributed by atoms with E-state index < -0.39 is 0 Å². The second-order valence-electron chi connectivity index (χ2n) is 5.23. The third-order valence-corrected chi connectivity index (χ3v) is 3.96. The van der Waals surface area contributed by atoms with Crippen molar-refractivity contribution in [3.63, 3.8) is 0 Å². The highest BCUT2D eigenvalue weighted by Gasteiger charge is 2.07. The van der Waals surface area contributed by atoms with Crippen LogP contribution in [0.1, 0.15) is 34.0 Å². The fraction of sp³-hybridized carbons (Fsp3) is 0.353. The maximum atomic E-state index is 11.9. The number of rotatable bonds is 6. The third kappa shape index (κ3) is 4.90. The van der Waals surface area contributed by atoms with Crippen LogP contribution in [0.3, 0.4) is 0 Å². The minimum absolute atomic E-state index is 0.00728. The Bertz CT molecular complexity index is 587. The lowest BCUT2D eigenvalue weighted by Crippen LogP contribution is -2.24. The molecule has 0 unspecified atom stereocenters. The Morgan fingerprint density at radius 2 is 1.90 bits per heavy atom. The molecule has 0 atom stereocenters. The smallest absolute Gasteiger partial charge is 0.261 e. The van der Waals surface area contributed by atoms with Gasteiger partial charge in [0.15, 0.2) is 0 Å². The fourth-order valence-electron chi connectivity index (χ4n) is 1.97. The number of ether oxygens (including phenoxy) is 1. The van der Waals surface area contributed by atoms with Crippen LogP contribution in [0.2, 0.25) is 0 Å². The van der Waals surface area contributed by atoms with Gasteiger partial charge in [0.05, 0.1) is 11.0 Å². The molecule has 2 aromatic rings. The molecule has 0 fully saturated rings. The summed E-state index contributed by atoms with van der Waals surface area (Å²) in [5.74, 6) is 0.889. The molecule has 0 saturated heterocycles. The molecule has 1 aromatic carbocycles. The molecule has 4 heteroatoms. The highest BCUT2D eigenvalue weighted by Crippen LogP contribution is 2.15. The normalized spacial score (nSPS) is 10.7. The molecule has 1 heterocycles. The van der Waals surface area contributed by atoms with Crippen molar-refractivity contribution < 1.29 is 9.53 Å². The molecule has 0 bridgehead atoms. The quantitative estimate of drug-likeness (QED) is 0.881. The fourth-order valence-corrected chi connectivity index (χ4v) is 2.75.